The maximum atomic E-state index is 2.35. The van der Waals surface area contributed by atoms with Crippen LogP contribution in [0.3, 0.4) is 0 Å². The van der Waals surface area contributed by atoms with Crippen LogP contribution in [0.4, 0.5) is 0 Å². The zero-order chi connectivity index (χ0) is 8.18. The maximum Gasteiger partial charge on any atom is -0.00403 e. The Labute approximate surface area is 73.6 Å². The van der Waals surface area contributed by atoms with Crippen LogP contribution in [-0.2, 0) is 11.8 Å². The molecule has 12 heavy (non-hydrogen) atoms. The van der Waals surface area contributed by atoms with Crippen LogP contribution in [0.5, 0.6) is 0 Å². The molecule has 0 nitrogen and oxygen atoms in total. The van der Waals surface area contributed by atoms with Gasteiger partial charge >= 0.3 is 0 Å². The minimum Gasteiger partial charge on any atom is -0.0617 e. The lowest BCUT2D eigenvalue weighted by atomic mass is 9.97. The van der Waals surface area contributed by atoms with Crippen molar-refractivity contribution in [1.29, 1.82) is 0 Å². The molecule has 0 amide bonds. The van der Waals surface area contributed by atoms with Gasteiger partial charge in [0.25, 0.3) is 0 Å². The Morgan fingerprint density at radius 3 is 2.75 bits per heavy atom. The van der Waals surface area contributed by atoms with E-state index in [1.54, 1.807) is 11.1 Å². The van der Waals surface area contributed by atoms with Gasteiger partial charge in [-0.05, 0) is 54.7 Å². The third-order valence-electron chi connectivity index (χ3n) is 3.69. The Balaban J connectivity index is 2.23. The minimum atomic E-state index is 0.668. The Kier molecular flexibility index (Phi) is 1.08. The molecule has 2 aliphatic carbocycles. The number of benzene rings is 1. The molecular formula is C12H14. The van der Waals surface area contributed by atoms with Crippen molar-refractivity contribution in [1.82, 2.24) is 0 Å². The van der Waals surface area contributed by atoms with Gasteiger partial charge in [-0.2, -0.15) is 0 Å². The van der Waals surface area contributed by atoms with Crippen molar-refractivity contribution in [2.24, 2.45) is 0 Å². The summed E-state index contributed by atoms with van der Waals surface area (Å²) in [5.41, 5.74) is 5.52. The summed E-state index contributed by atoms with van der Waals surface area (Å²) in [4.78, 5) is 0. The van der Waals surface area contributed by atoms with Crippen LogP contribution in [-0.4, -0.2) is 0 Å². The first kappa shape index (κ1) is 6.71. The number of aryl methyl sites for hydroxylation is 1. The van der Waals surface area contributed by atoms with Crippen LogP contribution in [0.2, 0.25) is 0 Å². The lowest BCUT2D eigenvalue weighted by Crippen LogP contribution is -1.99. The summed E-state index contributed by atoms with van der Waals surface area (Å²) in [5, 5.41) is 0. The highest BCUT2D eigenvalue weighted by Crippen LogP contribution is 2.56. The molecule has 1 aromatic carbocycles. The van der Waals surface area contributed by atoms with E-state index in [2.05, 4.69) is 25.1 Å². The molecule has 1 saturated carbocycles. The van der Waals surface area contributed by atoms with Crippen LogP contribution < -0.4 is 0 Å². The molecule has 2 aliphatic rings. The van der Waals surface area contributed by atoms with Crippen LogP contribution in [0.25, 0.3) is 0 Å². The molecule has 0 atom stereocenters. The first-order valence-electron chi connectivity index (χ1n) is 4.91. The second kappa shape index (κ2) is 1.93. The first-order valence-corrected chi connectivity index (χ1v) is 4.91. The predicted molar refractivity (Wildman–Crippen MR) is 50.4 cm³/mol. The Morgan fingerprint density at radius 2 is 2.00 bits per heavy atom. The van der Waals surface area contributed by atoms with E-state index in [1.165, 1.54) is 31.2 Å². The second-order valence-electron chi connectivity index (χ2n) is 4.38. The standard InChI is InChI=1S/C12H14/c1-9-3-2-4-11-10(9)5-6-12(11)7-8-12/h2-4H,5-8H2,1H3. The van der Waals surface area contributed by atoms with Gasteiger partial charge in [0.15, 0.2) is 0 Å². The van der Waals surface area contributed by atoms with Crippen LogP contribution in [0, 0.1) is 6.92 Å². The SMILES string of the molecule is Cc1cccc2c1CCC21CC1. The molecule has 0 unspecified atom stereocenters. The van der Waals surface area contributed by atoms with Gasteiger partial charge in [-0.15, -0.1) is 0 Å². The van der Waals surface area contributed by atoms with Gasteiger partial charge in [0.05, 0.1) is 0 Å². The Hall–Kier alpha value is -0.780. The highest BCUT2D eigenvalue weighted by atomic mass is 14.5. The van der Waals surface area contributed by atoms with Gasteiger partial charge in [0.2, 0.25) is 0 Å². The summed E-state index contributed by atoms with van der Waals surface area (Å²) in [6.45, 7) is 2.25. The molecule has 0 bridgehead atoms. The summed E-state index contributed by atoms with van der Waals surface area (Å²) in [5.74, 6) is 0. The van der Waals surface area contributed by atoms with Crippen LogP contribution >= 0.6 is 0 Å². The summed E-state index contributed by atoms with van der Waals surface area (Å²) in [6, 6.07) is 6.82. The van der Waals surface area contributed by atoms with Crippen molar-refractivity contribution in [2.75, 3.05) is 0 Å². The largest absolute Gasteiger partial charge is 0.0617 e. The van der Waals surface area contributed by atoms with Crippen LogP contribution in [0.15, 0.2) is 18.2 Å². The van der Waals surface area contributed by atoms with Gasteiger partial charge in [-0.25, -0.2) is 0 Å². The molecule has 1 spiro atoms. The Bertz CT molecular complexity index is 332. The molecule has 0 heteroatoms. The fourth-order valence-corrected chi connectivity index (χ4v) is 2.70. The zero-order valence-corrected chi connectivity index (χ0v) is 7.56. The van der Waals surface area contributed by atoms with Crippen LogP contribution in [0.1, 0.15) is 36.0 Å². The molecule has 0 aliphatic heterocycles. The van der Waals surface area contributed by atoms with Crippen molar-refractivity contribution >= 4 is 0 Å². The lowest BCUT2D eigenvalue weighted by Gasteiger charge is -2.08. The van der Waals surface area contributed by atoms with Crippen molar-refractivity contribution in [3.05, 3.63) is 34.9 Å². The molecule has 0 aromatic heterocycles. The van der Waals surface area contributed by atoms with E-state index < -0.39 is 0 Å². The van der Waals surface area contributed by atoms with E-state index in [4.69, 9.17) is 0 Å². The molecule has 0 radical (unpaired) electrons. The first-order chi connectivity index (χ1) is 5.82. The molecule has 0 heterocycles. The number of hydrogen-bond donors (Lipinski definition) is 0. The number of rotatable bonds is 0. The smallest absolute Gasteiger partial charge is 0.00403 e. The fourth-order valence-electron chi connectivity index (χ4n) is 2.70. The molecule has 1 aromatic rings. The van der Waals surface area contributed by atoms with Gasteiger partial charge in [0.1, 0.15) is 0 Å². The summed E-state index contributed by atoms with van der Waals surface area (Å²) < 4.78 is 0. The van der Waals surface area contributed by atoms with E-state index >= 15 is 0 Å². The molecule has 0 N–H and O–H groups in total. The quantitative estimate of drug-likeness (QED) is 0.544. The van der Waals surface area contributed by atoms with E-state index in [1.807, 2.05) is 0 Å². The Morgan fingerprint density at radius 1 is 1.17 bits per heavy atom. The van der Waals surface area contributed by atoms with E-state index in [-0.39, 0.29) is 0 Å². The minimum absolute atomic E-state index is 0.668. The van der Waals surface area contributed by atoms with Gasteiger partial charge < -0.3 is 0 Å². The monoisotopic (exact) mass is 158 g/mol. The molecule has 0 saturated heterocycles. The van der Waals surface area contributed by atoms with E-state index in [9.17, 15) is 0 Å². The van der Waals surface area contributed by atoms with Crippen molar-refractivity contribution in [3.8, 4) is 0 Å². The normalized spacial score (nSPS) is 22.8. The van der Waals surface area contributed by atoms with Gasteiger partial charge in [0, 0.05) is 0 Å². The number of hydrogen-bond acceptors (Lipinski definition) is 0. The third-order valence-corrected chi connectivity index (χ3v) is 3.69. The van der Waals surface area contributed by atoms with E-state index in [0.29, 0.717) is 5.41 Å². The predicted octanol–water partition coefficient (Wildman–Crippen LogP) is 2.97. The molecule has 3 rings (SSSR count). The third kappa shape index (κ3) is 0.682. The average Bonchev–Trinajstić information content (AvgIpc) is 2.73. The average molecular weight is 158 g/mol. The highest BCUT2D eigenvalue weighted by molar-refractivity contribution is 5.46. The highest BCUT2D eigenvalue weighted by Gasteiger charge is 2.48. The molecule has 1 fully saturated rings. The van der Waals surface area contributed by atoms with Gasteiger partial charge in [-0.3, -0.25) is 0 Å². The topological polar surface area (TPSA) is 0 Å². The summed E-state index contributed by atoms with van der Waals surface area (Å²) in [7, 11) is 0. The second-order valence-corrected chi connectivity index (χ2v) is 4.38. The molecular weight excluding hydrogens is 144 g/mol. The van der Waals surface area contributed by atoms with Crippen molar-refractivity contribution in [2.45, 2.75) is 38.0 Å². The van der Waals surface area contributed by atoms with E-state index in [0.717, 1.165) is 0 Å². The maximum absolute atomic E-state index is 2.35. The summed E-state index contributed by atoms with van der Waals surface area (Å²) >= 11 is 0. The lowest BCUT2D eigenvalue weighted by molar-refractivity contribution is 0.681. The van der Waals surface area contributed by atoms with Crippen molar-refractivity contribution in [3.63, 3.8) is 0 Å². The zero-order valence-electron chi connectivity index (χ0n) is 7.56. The summed E-state index contributed by atoms with van der Waals surface area (Å²) in [6.07, 6.45) is 5.65. The van der Waals surface area contributed by atoms with Crippen molar-refractivity contribution < 1.29 is 0 Å². The fraction of sp³-hybridized carbons (Fsp3) is 0.500. The number of fused-ring (bicyclic) bond motifs is 2. The molecule has 62 valence electrons. The van der Waals surface area contributed by atoms with Gasteiger partial charge in [-0.1, -0.05) is 18.2 Å².